The Morgan fingerprint density at radius 3 is 2.89 bits per heavy atom. The van der Waals surface area contributed by atoms with Crippen LogP contribution in [0.2, 0.25) is 0 Å². The maximum atomic E-state index is 11.8. The van der Waals surface area contributed by atoms with Crippen LogP contribution in [-0.4, -0.2) is 44.4 Å². The third kappa shape index (κ3) is 2.79. The fraction of sp³-hybridized carbons (Fsp3) is 0.538. The summed E-state index contributed by atoms with van der Waals surface area (Å²) in [5.41, 5.74) is 0.238. The molecule has 1 aliphatic heterocycles. The summed E-state index contributed by atoms with van der Waals surface area (Å²) in [6, 6.07) is 0. The highest BCUT2D eigenvalue weighted by atomic mass is 16.3. The van der Waals surface area contributed by atoms with Gasteiger partial charge in [-0.05, 0) is 12.5 Å². The molecule has 2 rings (SSSR count). The molecule has 1 fully saturated rings. The normalized spacial score (nSPS) is 18.1. The molecule has 1 amide bonds. The van der Waals surface area contributed by atoms with Gasteiger partial charge in [-0.2, -0.15) is 5.10 Å². The molecule has 1 aliphatic rings. The first kappa shape index (κ1) is 12.8. The van der Waals surface area contributed by atoms with Crippen LogP contribution >= 0.6 is 0 Å². The lowest BCUT2D eigenvalue weighted by atomic mass is 9.89. The van der Waals surface area contributed by atoms with E-state index in [2.05, 4.69) is 5.10 Å². The summed E-state index contributed by atoms with van der Waals surface area (Å²) in [5, 5.41) is 14.0. The number of likely N-dealkylation sites (tertiary alicyclic amines) is 1. The molecule has 1 N–H and O–H groups in total. The fourth-order valence-electron chi connectivity index (χ4n) is 2.24. The Labute approximate surface area is 107 Å². The van der Waals surface area contributed by atoms with E-state index in [-0.39, 0.29) is 5.91 Å². The van der Waals surface area contributed by atoms with Gasteiger partial charge in [-0.15, -0.1) is 0 Å². The molecule has 5 heteroatoms. The van der Waals surface area contributed by atoms with Gasteiger partial charge >= 0.3 is 0 Å². The van der Waals surface area contributed by atoms with Gasteiger partial charge in [0.2, 0.25) is 5.91 Å². The lowest BCUT2D eigenvalue weighted by Crippen LogP contribution is -2.63. The van der Waals surface area contributed by atoms with Crippen molar-refractivity contribution < 1.29 is 9.90 Å². The standard InChI is InChI=1S/C13H19N3O2/c1-3-6-13(18)9-16(10-13)12(17)5-4-11-7-14-15(2)8-11/h4-5,7-8,18H,3,6,9-10H2,1-2H3. The molecule has 18 heavy (non-hydrogen) atoms. The van der Waals surface area contributed by atoms with Crippen molar-refractivity contribution in [1.29, 1.82) is 0 Å². The van der Waals surface area contributed by atoms with Gasteiger partial charge in [-0.3, -0.25) is 9.48 Å². The predicted octanol–water partition coefficient (Wildman–Crippen LogP) is 0.807. The molecule has 1 saturated heterocycles. The van der Waals surface area contributed by atoms with Crippen molar-refractivity contribution in [3.63, 3.8) is 0 Å². The van der Waals surface area contributed by atoms with E-state index in [9.17, 15) is 9.90 Å². The second kappa shape index (κ2) is 4.94. The lowest BCUT2D eigenvalue weighted by Gasteiger charge is -2.46. The number of nitrogens with zero attached hydrogens (tertiary/aromatic N) is 3. The van der Waals surface area contributed by atoms with Crippen LogP contribution in [0, 0.1) is 0 Å². The Hall–Kier alpha value is -1.62. The Morgan fingerprint density at radius 1 is 1.61 bits per heavy atom. The van der Waals surface area contributed by atoms with E-state index in [0.29, 0.717) is 13.1 Å². The number of carbonyl (C=O) groups is 1. The molecular formula is C13H19N3O2. The Kier molecular flexibility index (Phi) is 3.52. The van der Waals surface area contributed by atoms with Gasteiger partial charge in [-0.25, -0.2) is 0 Å². The monoisotopic (exact) mass is 249 g/mol. The maximum absolute atomic E-state index is 11.8. The molecule has 0 bridgehead atoms. The van der Waals surface area contributed by atoms with Gasteiger partial charge in [0.15, 0.2) is 0 Å². The SMILES string of the molecule is CCCC1(O)CN(C(=O)C=Cc2cnn(C)c2)C1. The van der Waals surface area contributed by atoms with Crippen LogP contribution in [0.5, 0.6) is 0 Å². The Morgan fingerprint density at radius 2 is 2.33 bits per heavy atom. The molecule has 0 spiro atoms. The zero-order chi connectivity index (χ0) is 13.2. The van der Waals surface area contributed by atoms with Gasteiger partial charge in [0, 0.05) is 24.9 Å². The molecule has 0 atom stereocenters. The van der Waals surface area contributed by atoms with Gasteiger partial charge in [0.05, 0.1) is 24.9 Å². The summed E-state index contributed by atoms with van der Waals surface area (Å²) in [6.07, 6.45) is 8.50. The van der Waals surface area contributed by atoms with Crippen LogP contribution in [0.4, 0.5) is 0 Å². The Bertz CT molecular complexity index is 459. The quantitative estimate of drug-likeness (QED) is 0.803. The first-order valence-electron chi connectivity index (χ1n) is 6.20. The van der Waals surface area contributed by atoms with E-state index in [0.717, 1.165) is 18.4 Å². The molecular weight excluding hydrogens is 230 g/mol. The minimum Gasteiger partial charge on any atom is -0.386 e. The third-order valence-electron chi connectivity index (χ3n) is 3.14. The number of amides is 1. The van der Waals surface area contributed by atoms with Crippen molar-refractivity contribution in [2.75, 3.05) is 13.1 Å². The third-order valence-corrected chi connectivity index (χ3v) is 3.14. The highest BCUT2D eigenvalue weighted by Crippen LogP contribution is 2.25. The smallest absolute Gasteiger partial charge is 0.246 e. The molecule has 2 heterocycles. The first-order valence-corrected chi connectivity index (χ1v) is 6.20. The minimum absolute atomic E-state index is 0.0559. The van der Waals surface area contributed by atoms with Crippen molar-refractivity contribution in [3.05, 3.63) is 24.0 Å². The number of β-amino-alcohol motifs (C(OH)–C–C–N with tert-alkyl or cyclic N) is 1. The van der Waals surface area contributed by atoms with E-state index < -0.39 is 5.60 Å². The van der Waals surface area contributed by atoms with Crippen LogP contribution in [0.25, 0.3) is 6.08 Å². The van der Waals surface area contributed by atoms with Crippen LogP contribution in [0.3, 0.4) is 0 Å². The Balaban J connectivity index is 1.85. The molecule has 5 nitrogen and oxygen atoms in total. The van der Waals surface area contributed by atoms with Crippen LogP contribution in [0.1, 0.15) is 25.3 Å². The van der Waals surface area contributed by atoms with Gasteiger partial charge in [0.1, 0.15) is 0 Å². The topological polar surface area (TPSA) is 58.4 Å². The van der Waals surface area contributed by atoms with E-state index in [1.807, 2.05) is 20.2 Å². The van der Waals surface area contributed by atoms with Crippen molar-refractivity contribution in [2.45, 2.75) is 25.4 Å². The molecule has 0 saturated carbocycles. The minimum atomic E-state index is -0.660. The van der Waals surface area contributed by atoms with Crippen molar-refractivity contribution >= 4 is 12.0 Å². The molecule has 0 aromatic carbocycles. The van der Waals surface area contributed by atoms with Gasteiger partial charge in [-0.1, -0.05) is 13.3 Å². The lowest BCUT2D eigenvalue weighted by molar-refractivity contribution is -0.151. The molecule has 0 unspecified atom stereocenters. The second-order valence-electron chi connectivity index (χ2n) is 4.95. The van der Waals surface area contributed by atoms with Crippen molar-refractivity contribution in [3.8, 4) is 0 Å². The summed E-state index contributed by atoms with van der Waals surface area (Å²) in [4.78, 5) is 13.5. The number of aliphatic hydroxyl groups is 1. The first-order chi connectivity index (χ1) is 8.52. The highest BCUT2D eigenvalue weighted by Gasteiger charge is 2.41. The van der Waals surface area contributed by atoms with E-state index in [4.69, 9.17) is 0 Å². The molecule has 1 aromatic heterocycles. The summed E-state index contributed by atoms with van der Waals surface area (Å²) in [6.45, 7) is 2.92. The summed E-state index contributed by atoms with van der Waals surface area (Å²) in [7, 11) is 1.83. The number of aryl methyl sites for hydroxylation is 1. The number of aromatic nitrogens is 2. The molecule has 0 radical (unpaired) electrons. The second-order valence-corrected chi connectivity index (χ2v) is 4.95. The maximum Gasteiger partial charge on any atom is 0.246 e. The molecule has 1 aromatic rings. The molecule has 98 valence electrons. The number of rotatable bonds is 4. The average Bonchev–Trinajstić information content (AvgIpc) is 2.69. The van der Waals surface area contributed by atoms with Crippen LogP contribution in [-0.2, 0) is 11.8 Å². The summed E-state index contributed by atoms with van der Waals surface area (Å²) >= 11 is 0. The van der Waals surface area contributed by atoms with E-state index >= 15 is 0 Å². The summed E-state index contributed by atoms with van der Waals surface area (Å²) < 4.78 is 1.69. The number of hydrogen-bond donors (Lipinski definition) is 1. The largest absolute Gasteiger partial charge is 0.386 e. The van der Waals surface area contributed by atoms with Crippen LogP contribution in [0.15, 0.2) is 18.5 Å². The average molecular weight is 249 g/mol. The van der Waals surface area contributed by atoms with Crippen molar-refractivity contribution in [1.82, 2.24) is 14.7 Å². The zero-order valence-electron chi connectivity index (χ0n) is 10.8. The van der Waals surface area contributed by atoms with Gasteiger partial charge < -0.3 is 10.0 Å². The van der Waals surface area contributed by atoms with Crippen molar-refractivity contribution in [2.24, 2.45) is 7.05 Å². The van der Waals surface area contributed by atoms with Gasteiger partial charge in [0.25, 0.3) is 0 Å². The van der Waals surface area contributed by atoms with Crippen LogP contribution < -0.4 is 0 Å². The van der Waals surface area contributed by atoms with E-state index in [1.165, 1.54) is 6.08 Å². The zero-order valence-corrected chi connectivity index (χ0v) is 10.8. The van der Waals surface area contributed by atoms with E-state index in [1.54, 1.807) is 21.9 Å². The number of carbonyl (C=O) groups excluding carboxylic acids is 1. The fourth-order valence-corrected chi connectivity index (χ4v) is 2.24. The summed E-state index contributed by atoms with van der Waals surface area (Å²) in [5.74, 6) is -0.0559. The highest BCUT2D eigenvalue weighted by molar-refractivity contribution is 5.92. The predicted molar refractivity (Wildman–Crippen MR) is 68.7 cm³/mol. The molecule has 0 aliphatic carbocycles. The number of hydrogen-bond acceptors (Lipinski definition) is 3.